The first-order valence-corrected chi connectivity index (χ1v) is 3.52. The van der Waals surface area contributed by atoms with Crippen molar-refractivity contribution in [2.75, 3.05) is 0 Å². The van der Waals surface area contributed by atoms with E-state index in [0.717, 1.165) is 0 Å². The Morgan fingerprint density at radius 1 is 1.67 bits per heavy atom. The van der Waals surface area contributed by atoms with Gasteiger partial charge in [-0.3, -0.25) is 4.79 Å². The molecular formula is C8H10N2O2. The minimum Gasteiger partial charge on any atom is -0.503 e. The smallest absolute Gasteiger partial charge is 0.290 e. The second-order valence-corrected chi connectivity index (χ2v) is 2.31. The minimum atomic E-state index is -0.474. The van der Waals surface area contributed by atoms with Crippen LogP contribution >= 0.6 is 0 Å². The summed E-state index contributed by atoms with van der Waals surface area (Å²) in [6.45, 7) is 0. The van der Waals surface area contributed by atoms with Crippen molar-refractivity contribution in [3.8, 4) is 5.75 Å². The molecular weight excluding hydrogens is 156 g/mol. The van der Waals surface area contributed by atoms with Gasteiger partial charge in [0.15, 0.2) is 5.75 Å². The van der Waals surface area contributed by atoms with Gasteiger partial charge >= 0.3 is 0 Å². The highest BCUT2D eigenvalue weighted by Gasteiger charge is 2.01. The molecule has 4 nitrogen and oxygen atoms in total. The Kier molecular flexibility index (Phi) is 2.53. The van der Waals surface area contributed by atoms with Gasteiger partial charge in [0.1, 0.15) is 0 Å². The van der Waals surface area contributed by atoms with E-state index in [1.165, 1.54) is 12.4 Å². The van der Waals surface area contributed by atoms with E-state index in [4.69, 9.17) is 5.73 Å². The first kappa shape index (κ1) is 8.39. The number of allylic oxidation sites excluding steroid dienone is 1. The number of nitrogens with two attached hydrogens (primary N) is 1. The molecule has 0 aromatic carbocycles. The number of aromatic hydroxyl groups is 1. The maximum atomic E-state index is 10.8. The number of aromatic amines is 1. The van der Waals surface area contributed by atoms with Crippen LogP contribution in [-0.4, -0.2) is 10.1 Å². The predicted octanol–water partition coefficient (Wildman–Crippen LogP) is 0.0954. The lowest BCUT2D eigenvalue weighted by Gasteiger charge is -1.97. The van der Waals surface area contributed by atoms with Gasteiger partial charge in [-0.2, -0.15) is 0 Å². The van der Waals surface area contributed by atoms with E-state index < -0.39 is 5.56 Å². The second kappa shape index (κ2) is 3.61. The molecule has 0 saturated heterocycles. The first-order valence-electron chi connectivity index (χ1n) is 3.52. The molecule has 0 aliphatic carbocycles. The molecule has 0 saturated carbocycles. The van der Waals surface area contributed by atoms with Gasteiger partial charge < -0.3 is 15.8 Å². The number of nitrogens with one attached hydrogen (secondary N) is 1. The Morgan fingerprint density at radius 3 is 3.08 bits per heavy atom. The molecule has 1 rings (SSSR count). The molecule has 12 heavy (non-hydrogen) atoms. The summed E-state index contributed by atoms with van der Waals surface area (Å²) in [6.07, 6.45) is 4.99. The summed E-state index contributed by atoms with van der Waals surface area (Å²) in [5, 5.41) is 9.21. The third kappa shape index (κ3) is 1.66. The molecule has 0 atom stereocenters. The van der Waals surface area contributed by atoms with Gasteiger partial charge in [0, 0.05) is 11.8 Å². The topological polar surface area (TPSA) is 79.1 Å². The summed E-state index contributed by atoms with van der Waals surface area (Å²) in [5.74, 6) is -0.240. The molecule has 0 spiro atoms. The van der Waals surface area contributed by atoms with Crippen molar-refractivity contribution in [2.45, 2.75) is 6.42 Å². The zero-order chi connectivity index (χ0) is 8.97. The van der Waals surface area contributed by atoms with Gasteiger partial charge in [-0.25, -0.2) is 0 Å². The highest BCUT2D eigenvalue weighted by Crippen LogP contribution is 2.09. The van der Waals surface area contributed by atoms with Crippen molar-refractivity contribution in [3.05, 3.63) is 40.5 Å². The molecule has 0 unspecified atom stereocenters. The largest absolute Gasteiger partial charge is 0.503 e. The molecule has 0 bridgehead atoms. The molecule has 4 N–H and O–H groups in total. The molecule has 64 valence electrons. The Bertz CT molecular complexity index is 341. The number of pyridine rings is 1. The Labute approximate surface area is 69.4 Å². The molecule has 0 fully saturated rings. The van der Waals surface area contributed by atoms with Crippen LogP contribution in [0.2, 0.25) is 0 Å². The zero-order valence-corrected chi connectivity index (χ0v) is 6.45. The Balaban J connectivity index is 3.00. The lowest BCUT2D eigenvalue weighted by molar-refractivity contribution is 0.461. The Hall–Kier alpha value is -1.71. The van der Waals surface area contributed by atoms with E-state index in [9.17, 15) is 9.90 Å². The molecule has 0 aliphatic rings. The van der Waals surface area contributed by atoms with Crippen LogP contribution in [0.25, 0.3) is 0 Å². The normalized spacial score (nSPS) is 10.7. The Morgan fingerprint density at radius 2 is 2.42 bits per heavy atom. The van der Waals surface area contributed by atoms with E-state index in [0.29, 0.717) is 12.0 Å². The van der Waals surface area contributed by atoms with Gasteiger partial charge in [0.25, 0.3) is 5.56 Å². The summed E-state index contributed by atoms with van der Waals surface area (Å²) in [5.41, 5.74) is 5.21. The number of H-pyrrole nitrogens is 1. The van der Waals surface area contributed by atoms with Crippen molar-refractivity contribution in [2.24, 2.45) is 5.73 Å². The fourth-order valence-electron chi connectivity index (χ4n) is 0.871. The fraction of sp³-hybridized carbons (Fsp3) is 0.125. The van der Waals surface area contributed by atoms with Gasteiger partial charge in [-0.15, -0.1) is 0 Å². The van der Waals surface area contributed by atoms with E-state index in [1.807, 2.05) is 0 Å². The number of aromatic nitrogens is 1. The van der Waals surface area contributed by atoms with Crippen LogP contribution in [0.5, 0.6) is 5.75 Å². The third-order valence-corrected chi connectivity index (χ3v) is 1.49. The predicted molar refractivity (Wildman–Crippen MR) is 45.8 cm³/mol. The third-order valence-electron chi connectivity index (χ3n) is 1.49. The second-order valence-electron chi connectivity index (χ2n) is 2.31. The van der Waals surface area contributed by atoms with Crippen LogP contribution in [0.1, 0.15) is 5.56 Å². The number of hydrogen-bond donors (Lipinski definition) is 3. The molecule has 1 heterocycles. The van der Waals surface area contributed by atoms with Crippen molar-refractivity contribution >= 4 is 0 Å². The van der Waals surface area contributed by atoms with Gasteiger partial charge in [0.05, 0.1) is 0 Å². The van der Waals surface area contributed by atoms with Crippen LogP contribution in [-0.2, 0) is 6.42 Å². The van der Waals surface area contributed by atoms with Gasteiger partial charge in [-0.05, 0) is 18.7 Å². The lowest BCUT2D eigenvalue weighted by Crippen LogP contribution is -2.05. The summed E-state index contributed by atoms with van der Waals surface area (Å²) in [7, 11) is 0. The van der Waals surface area contributed by atoms with Crippen LogP contribution in [0, 0.1) is 0 Å². The van der Waals surface area contributed by atoms with Crippen LogP contribution in [0.15, 0.2) is 29.3 Å². The highest BCUT2D eigenvalue weighted by atomic mass is 16.3. The molecule has 4 heteroatoms. The van der Waals surface area contributed by atoms with Gasteiger partial charge in [-0.1, -0.05) is 6.08 Å². The van der Waals surface area contributed by atoms with Crippen molar-refractivity contribution in [3.63, 3.8) is 0 Å². The molecule has 0 aliphatic heterocycles. The van der Waals surface area contributed by atoms with Crippen LogP contribution in [0.3, 0.4) is 0 Å². The average molecular weight is 166 g/mol. The SMILES string of the molecule is NC=CCc1cc[nH]c(=O)c1O. The van der Waals surface area contributed by atoms with Crippen LogP contribution in [0.4, 0.5) is 0 Å². The van der Waals surface area contributed by atoms with E-state index in [-0.39, 0.29) is 5.75 Å². The monoisotopic (exact) mass is 166 g/mol. The molecule has 1 aromatic rings. The summed E-state index contributed by atoms with van der Waals surface area (Å²) < 4.78 is 0. The standard InChI is InChI=1S/C8H10N2O2/c9-4-1-2-6-3-5-10-8(12)7(6)11/h1,3-5,11H,2,9H2,(H,10,12). The maximum Gasteiger partial charge on any atom is 0.290 e. The molecule has 1 aromatic heterocycles. The quantitative estimate of drug-likeness (QED) is 0.582. The summed E-state index contributed by atoms with van der Waals surface area (Å²) >= 11 is 0. The first-order chi connectivity index (χ1) is 5.75. The van der Waals surface area contributed by atoms with E-state index >= 15 is 0 Å². The zero-order valence-electron chi connectivity index (χ0n) is 6.45. The van der Waals surface area contributed by atoms with Crippen molar-refractivity contribution in [1.82, 2.24) is 4.98 Å². The van der Waals surface area contributed by atoms with E-state index in [2.05, 4.69) is 4.98 Å². The maximum absolute atomic E-state index is 10.8. The van der Waals surface area contributed by atoms with Crippen LogP contribution < -0.4 is 11.3 Å². The van der Waals surface area contributed by atoms with Crippen molar-refractivity contribution in [1.29, 1.82) is 0 Å². The average Bonchev–Trinajstić information content (AvgIpc) is 2.08. The lowest BCUT2D eigenvalue weighted by atomic mass is 10.2. The molecule has 0 radical (unpaired) electrons. The van der Waals surface area contributed by atoms with Gasteiger partial charge in [0.2, 0.25) is 0 Å². The number of hydrogen-bond acceptors (Lipinski definition) is 3. The summed E-state index contributed by atoms with van der Waals surface area (Å²) in [4.78, 5) is 13.2. The summed E-state index contributed by atoms with van der Waals surface area (Å²) in [6, 6.07) is 1.64. The molecule has 0 amide bonds. The number of rotatable bonds is 2. The fourth-order valence-corrected chi connectivity index (χ4v) is 0.871. The van der Waals surface area contributed by atoms with Crippen molar-refractivity contribution < 1.29 is 5.11 Å². The highest BCUT2D eigenvalue weighted by molar-refractivity contribution is 5.29. The van der Waals surface area contributed by atoms with E-state index in [1.54, 1.807) is 12.1 Å². The minimum absolute atomic E-state index is 0.240.